The van der Waals surface area contributed by atoms with E-state index in [0.29, 0.717) is 0 Å². The summed E-state index contributed by atoms with van der Waals surface area (Å²) in [6, 6.07) is 0. The van der Waals surface area contributed by atoms with Crippen LogP contribution in [0.25, 0.3) is 0 Å². The summed E-state index contributed by atoms with van der Waals surface area (Å²) < 4.78 is 11.2. The third kappa shape index (κ3) is 19.9. The fourth-order valence-electron chi connectivity index (χ4n) is 2.47. The summed E-state index contributed by atoms with van der Waals surface area (Å²) in [6.07, 6.45) is 17.5. The van der Waals surface area contributed by atoms with Gasteiger partial charge in [-0.15, -0.1) is 0 Å². The summed E-state index contributed by atoms with van der Waals surface area (Å²) in [6.45, 7) is 7.88. The number of rotatable bonds is 18. The molecule has 0 radical (unpaired) electrons. The Morgan fingerprint density at radius 1 is 0.381 bits per heavy atom. The van der Waals surface area contributed by atoms with Crippen molar-refractivity contribution in [3.8, 4) is 0 Å². The van der Waals surface area contributed by atoms with Crippen LogP contribution in [0.3, 0.4) is 0 Å². The van der Waals surface area contributed by atoms with Crippen molar-refractivity contribution in [3.63, 3.8) is 0 Å². The third-order valence-electron chi connectivity index (χ3n) is 3.91. The molecule has 0 atom stereocenters. The Bertz CT molecular complexity index is 153. The number of hydrogen-bond donors (Lipinski definition) is 0. The fourth-order valence-corrected chi connectivity index (χ4v) is 2.47. The summed E-state index contributed by atoms with van der Waals surface area (Å²) in [5, 5.41) is 0. The summed E-state index contributed by atoms with van der Waals surface area (Å²) in [4.78, 5) is 0. The van der Waals surface area contributed by atoms with Gasteiger partial charge in [0, 0.05) is 13.2 Å². The lowest BCUT2D eigenvalue weighted by atomic mass is 10.1. The van der Waals surface area contributed by atoms with Crippen molar-refractivity contribution in [1.29, 1.82) is 0 Å². The maximum absolute atomic E-state index is 5.60. The van der Waals surface area contributed by atoms with Crippen molar-refractivity contribution in [2.75, 3.05) is 26.4 Å². The quantitative estimate of drug-likeness (QED) is 0.283. The Balaban J connectivity index is 2.90. The predicted molar refractivity (Wildman–Crippen MR) is 93.0 cm³/mol. The molecule has 21 heavy (non-hydrogen) atoms. The second-order valence-electron chi connectivity index (χ2n) is 6.11. The molecule has 0 aliphatic rings. The second kappa shape index (κ2) is 19.9. The fraction of sp³-hybridized carbons (Fsp3) is 1.00. The highest BCUT2D eigenvalue weighted by Gasteiger charge is 1.94. The lowest BCUT2D eigenvalue weighted by molar-refractivity contribution is 0.0448. The SMILES string of the molecule is CCCCCCCCCCOCCOCCCCCCC. The average molecular weight is 301 g/mol. The molecule has 0 heterocycles. The van der Waals surface area contributed by atoms with Gasteiger partial charge in [0.2, 0.25) is 0 Å². The molecule has 0 spiro atoms. The molecular formula is C19H40O2. The standard InChI is InChI=1S/C19H40O2/c1-3-5-7-9-10-11-13-15-17-21-19-18-20-16-14-12-8-6-4-2/h3-19H2,1-2H3. The van der Waals surface area contributed by atoms with Gasteiger partial charge < -0.3 is 9.47 Å². The zero-order valence-corrected chi connectivity index (χ0v) is 14.8. The molecule has 0 aromatic heterocycles. The molecule has 0 bridgehead atoms. The molecule has 0 fully saturated rings. The predicted octanol–water partition coefficient (Wildman–Crippen LogP) is 6.13. The van der Waals surface area contributed by atoms with E-state index >= 15 is 0 Å². The first-order valence-corrected chi connectivity index (χ1v) is 9.57. The summed E-state index contributed by atoms with van der Waals surface area (Å²) >= 11 is 0. The topological polar surface area (TPSA) is 18.5 Å². The van der Waals surface area contributed by atoms with Gasteiger partial charge in [0.05, 0.1) is 13.2 Å². The van der Waals surface area contributed by atoms with E-state index in [1.165, 1.54) is 83.5 Å². The van der Waals surface area contributed by atoms with Crippen molar-refractivity contribution in [3.05, 3.63) is 0 Å². The van der Waals surface area contributed by atoms with E-state index in [1.807, 2.05) is 0 Å². The molecule has 128 valence electrons. The Labute approximate surface area is 134 Å². The highest BCUT2D eigenvalue weighted by molar-refractivity contribution is 4.46. The third-order valence-corrected chi connectivity index (χ3v) is 3.91. The van der Waals surface area contributed by atoms with Crippen LogP contribution in [0, 0.1) is 0 Å². The minimum atomic E-state index is 0.769. The van der Waals surface area contributed by atoms with Gasteiger partial charge in [0.15, 0.2) is 0 Å². The molecular weight excluding hydrogens is 260 g/mol. The number of hydrogen-bond acceptors (Lipinski definition) is 2. The zero-order chi connectivity index (χ0) is 15.4. The minimum Gasteiger partial charge on any atom is -0.379 e. The van der Waals surface area contributed by atoms with Crippen LogP contribution >= 0.6 is 0 Å². The van der Waals surface area contributed by atoms with Crippen LogP contribution in [0.1, 0.15) is 97.3 Å². The van der Waals surface area contributed by atoms with Crippen LogP contribution in [0.5, 0.6) is 0 Å². The molecule has 0 rings (SSSR count). The van der Waals surface area contributed by atoms with Crippen molar-refractivity contribution in [2.24, 2.45) is 0 Å². The Kier molecular flexibility index (Phi) is 19.8. The van der Waals surface area contributed by atoms with Crippen LogP contribution in [0.4, 0.5) is 0 Å². The average Bonchev–Trinajstić information content (AvgIpc) is 2.50. The van der Waals surface area contributed by atoms with E-state index in [4.69, 9.17) is 9.47 Å². The van der Waals surface area contributed by atoms with E-state index in [9.17, 15) is 0 Å². The summed E-state index contributed by atoms with van der Waals surface area (Å²) in [5.41, 5.74) is 0. The van der Waals surface area contributed by atoms with Gasteiger partial charge in [0.1, 0.15) is 0 Å². The number of unbranched alkanes of at least 4 members (excludes halogenated alkanes) is 11. The Morgan fingerprint density at radius 2 is 0.714 bits per heavy atom. The van der Waals surface area contributed by atoms with Gasteiger partial charge in [0.25, 0.3) is 0 Å². The highest BCUT2D eigenvalue weighted by atomic mass is 16.5. The van der Waals surface area contributed by atoms with Crippen molar-refractivity contribution in [1.82, 2.24) is 0 Å². The van der Waals surface area contributed by atoms with Crippen LogP contribution in [0.2, 0.25) is 0 Å². The first-order valence-electron chi connectivity index (χ1n) is 9.57. The smallest absolute Gasteiger partial charge is 0.0700 e. The molecule has 0 saturated carbocycles. The second-order valence-corrected chi connectivity index (χ2v) is 6.11. The molecule has 0 saturated heterocycles. The van der Waals surface area contributed by atoms with Crippen molar-refractivity contribution >= 4 is 0 Å². The molecule has 0 aromatic carbocycles. The Hall–Kier alpha value is -0.0800. The molecule has 0 aliphatic heterocycles. The molecule has 0 amide bonds. The van der Waals surface area contributed by atoms with Gasteiger partial charge in [-0.25, -0.2) is 0 Å². The normalized spacial score (nSPS) is 11.1. The van der Waals surface area contributed by atoms with Crippen LogP contribution in [0.15, 0.2) is 0 Å². The lowest BCUT2D eigenvalue weighted by Gasteiger charge is -2.06. The molecule has 0 unspecified atom stereocenters. The van der Waals surface area contributed by atoms with Gasteiger partial charge in [-0.2, -0.15) is 0 Å². The van der Waals surface area contributed by atoms with Crippen LogP contribution in [-0.2, 0) is 9.47 Å². The molecule has 0 N–H and O–H groups in total. The monoisotopic (exact) mass is 300 g/mol. The first-order chi connectivity index (χ1) is 10.4. The zero-order valence-electron chi connectivity index (χ0n) is 14.8. The molecule has 0 aliphatic carbocycles. The maximum Gasteiger partial charge on any atom is 0.0700 e. The summed E-state index contributed by atoms with van der Waals surface area (Å²) in [5.74, 6) is 0. The van der Waals surface area contributed by atoms with Gasteiger partial charge in [-0.1, -0.05) is 84.5 Å². The van der Waals surface area contributed by atoms with Crippen LogP contribution < -0.4 is 0 Å². The van der Waals surface area contributed by atoms with Gasteiger partial charge in [-0.05, 0) is 12.8 Å². The van der Waals surface area contributed by atoms with Crippen molar-refractivity contribution < 1.29 is 9.47 Å². The maximum atomic E-state index is 5.60. The molecule has 2 nitrogen and oxygen atoms in total. The van der Waals surface area contributed by atoms with E-state index in [-0.39, 0.29) is 0 Å². The van der Waals surface area contributed by atoms with Gasteiger partial charge >= 0.3 is 0 Å². The largest absolute Gasteiger partial charge is 0.379 e. The first kappa shape index (κ1) is 20.9. The van der Waals surface area contributed by atoms with E-state index in [0.717, 1.165) is 26.4 Å². The summed E-state index contributed by atoms with van der Waals surface area (Å²) in [7, 11) is 0. The Morgan fingerprint density at radius 3 is 1.10 bits per heavy atom. The minimum absolute atomic E-state index is 0.769. The lowest BCUT2D eigenvalue weighted by Crippen LogP contribution is -2.06. The molecule has 0 aromatic rings. The van der Waals surface area contributed by atoms with Crippen molar-refractivity contribution in [2.45, 2.75) is 97.3 Å². The van der Waals surface area contributed by atoms with Crippen LogP contribution in [-0.4, -0.2) is 26.4 Å². The highest BCUT2D eigenvalue weighted by Crippen LogP contribution is 2.08. The van der Waals surface area contributed by atoms with Gasteiger partial charge in [-0.3, -0.25) is 0 Å². The van der Waals surface area contributed by atoms with E-state index < -0.39 is 0 Å². The molecule has 2 heteroatoms. The van der Waals surface area contributed by atoms with E-state index in [1.54, 1.807) is 0 Å². The number of ether oxygens (including phenoxy) is 2. The van der Waals surface area contributed by atoms with E-state index in [2.05, 4.69) is 13.8 Å².